The van der Waals surface area contributed by atoms with Crippen molar-refractivity contribution in [3.8, 4) is 0 Å². The molecule has 1 aromatic heterocycles. The predicted molar refractivity (Wildman–Crippen MR) is 76.7 cm³/mol. The lowest BCUT2D eigenvalue weighted by molar-refractivity contribution is 0.0440. The number of piperidine rings is 1. The van der Waals surface area contributed by atoms with Crippen LogP contribution in [0, 0.1) is 5.41 Å². The topological polar surface area (TPSA) is 75.2 Å². The normalized spacial score (nSPS) is 19.4. The Labute approximate surface area is 114 Å². The molecule has 1 atom stereocenters. The molecular formula is C14H22N4O. The Morgan fingerprint density at radius 3 is 3.21 bits per heavy atom. The van der Waals surface area contributed by atoms with E-state index in [1.54, 1.807) is 18.5 Å². The van der Waals surface area contributed by atoms with Gasteiger partial charge in [0.05, 0.1) is 18.0 Å². The fourth-order valence-electron chi connectivity index (χ4n) is 2.44. The molecule has 0 aromatic carbocycles. The van der Waals surface area contributed by atoms with Gasteiger partial charge in [-0.3, -0.25) is 10.4 Å². The molecule has 0 aliphatic carbocycles. The summed E-state index contributed by atoms with van der Waals surface area (Å²) in [6.45, 7) is 4.75. The van der Waals surface area contributed by atoms with Gasteiger partial charge in [0.25, 0.3) is 0 Å². The highest BCUT2D eigenvalue weighted by Crippen LogP contribution is 2.24. The molecule has 1 fully saturated rings. The van der Waals surface area contributed by atoms with Gasteiger partial charge >= 0.3 is 0 Å². The molecule has 5 heteroatoms. The first kappa shape index (κ1) is 13.8. The minimum absolute atomic E-state index is 0.0917. The zero-order valence-electron chi connectivity index (χ0n) is 11.4. The number of pyridine rings is 1. The Bertz CT molecular complexity index is 435. The van der Waals surface area contributed by atoms with Crippen molar-refractivity contribution in [3.05, 3.63) is 24.0 Å². The summed E-state index contributed by atoms with van der Waals surface area (Å²) in [5, 5.41) is 7.65. The Morgan fingerprint density at radius 2 is 2.47 bits per heavy atom. The zero-order valence-corrected chi connectivity index (χ0v) is 11.4. The lowest BCUT2D eigenvalue weighted by atomic mass is 10.1. The first-order valence-corrected chi connectivity index (χ1v) is 6.87. The number of nitrogens with two attached hydrogens (primary N) is 1. The van der Waals surface area contributed by atoms with Crippen molar-refractivity contribution in [3.63, 3.8) is 0 Å². The van der Waals surface area contributed by atoms with Crippen LogP contribution in [0.5, 0.6) is 0 Å². The van der Waals surface area contributed by atoms with E-state index < -0.39 is 0 Å². The quantitative estimate of drug-likeness (QED) is 0.626. The zero-order chi connectivity index (χ0) is 13.7. The van der Waals surface area contributed by atoms with Gasteiger partial charge in [-0.15, -0.1) is 0 Å². The van der Waals surface area contributed by atoms with Crippen LogP contribution in [0.1, 0.15) is 31.7 Å². The molecule has 5 nitrogen and oxygen atoms in total. The van der Waals surface area contributed by atoms with Gasteiger partial charge in [-0.05, 0) is 25.3 Å². The summed E-state index contributed by atoms with van der Waals surface area (Å²) in [6, 6.07) is 1.80. The summed E-state index contributed by atoms with van der Waals surface area (Å²) in [5.74, 6) is 0.0917. The smallest absolute Gasteiger partial charge is 0.125 e. The summed E-state index contributed by atoms with van der Waals surface area (Å²) in [7, 11) is 0. The van der Waals surface area contributed by atoms with Crippen LogP contribution in [-0.2, 0) is 4.74 Å². The van der Waals surface area contributed by atoms with E-state index >= 15 is 0 Å². The molecule has 2 heterocycles. The summed E-state index contributed by atoms with van der Waals surface area (Å²) < 4.78 is 5.84. The second-order valence-corrected chi connectivity index (χ2v) is 4.89. The number of aromatic nitrogens is 1. The molecule has 104 valence electrons. The molecule has 0 saturated carbocycles. The van der Waals surface area contributed by atoms with E-state index in [0.717, 1.165) is 50.2 Å². The fourth-order valence-corrected chi connectivity index (χ4v) is 2.44. The number of nitrogens with zero attached hydrogens (tertiary/aromatic N) is 2. The first-order chi connectivity index (χ1) is 9.22. The van der Waals surface area contributed by atoms with E-state index in [1.165, 1.54) is 0 Å². The number of anilines is 1. The molecule has 0 bridgehead atoms. The third kappa shape index (κ3) is 3.44. The van der Waals surface area contributed by atoms with E-state index in [2.05, 4.69) is 16.8 Å². The predicted octanol–water partition coefficient (Wildman–Crippen LogP) is 1.76. The van der Waals surface area contributed by atoms with Crippen LogP contribution in [0.15, 0.2) is 18.5 Å². The van der Waals surface area contributed by atoms with Crippen LogP contribution in [0.2, 0.25) is 0 Å². The van der Waals surface area contributed by atoms with E-state index in [9.17, 15) is 0 Å². The van der Waals surface area contributed by atoms with E-state index in [-0.39, 0.29) is 11.9 Å². The Balaban J connectivity index is 2.11. The maximum atomic E-state index is 7.65. The summed E-state index contributed by atoms with van der Waals surface area (Å²) in [6.07, 6.45) is 6.98. The van der Waals surface area contributed by atoms with Crippen molar-refractivity contribution in [2.75, 3.05) is 24.6 Å². The van der Waals surface area contributed by atoms with Crippen LogP contribution in [0.3, 0.4) is 0 Å². The van der Waals surface area contributed by atoms with E-state index in [1.807, 2.05) is 0 Å². The third-order valence-corrected chi connectivity index (χ3v) is 3.37. The average molecular weight is 262 g/mol. The van der Waals surface area contributed by atoms with Crippen molar-refractivity contribution < 1.29 is 4.74 Å². The highest BCUT2D eigenvalue weighted by molar-refractivity contribution is 6.00. The third-order valence-electron chi connectivity index (χ3n) is 3.37. The van der Waals surface area contributed by atoms with Gasteiger partial charge in [0.15, 0.2) is 0 Å². The first-order valence-electron chi connectivity index (χ1n) is 6.87. The number of ether oxygens (including phenoxy) is 1. The van der Waals surface area contributed by atoms with Crippen molar-refractivity contribution in [1.29, 1.82) is 5.41 Å². The molecule has 1 unspecified atom stereocenters. The molecule has 1 aromatic rings. The second kappa shape index (κ2) is 6.52. The van der Waals surface area contributed by atoms with Gasteiger partial charge in [0, 0.05) is 31.5 Å². The van der Waals surface area contributed by atoms with E-state index in [0.29, 0.717) is 0 Å². The summed E-state index contributed by atoms with van der Waals surface area (Å²) in [5.41, 5.74) is 7.33. The van der Waals surface area contributed by atoms with Gasteiger partial charge in [-0.25, -0.2) is 0 Å². The molecule has 0 amide bonds. The lowest BCUT2D eigenvalue weighted by Gasteiger charge is -2.35. The van der Waals surface area contributed by atoms with Gasteiger partial charge in [0.2, 0.25) is 0 Å². The van der Waals surface area contributed by atoms with Crippen molar-refractivity contribution in [2.45, 2.75) is 32.3 Å². The van der Waals surface area contributed by atoms with Crippen LogP contribution in [0.4, 0.5) is 5.69 Å². The average Bonchev–Trinajstić information content (AvgIpc) is 2.45. The Hall–Kier alpha value is -1.62. The Kier molecular flexibility index (Phi) is 4.74. The van der Waals surface area contributed by atoms with Gasteiger partial charge in [0.1, 0.15) is 5.84 Å². The monoisotopic (exact) mass is 262 g/mol. The lowest BCUT2D eigenvalue weighted by Crippen LogP contribution is -2.40. The van der Waals surface area contributed by atoms with E-state index in [4.69, 9.17) is 15.9 Å². The molecule has 19 heavy (non-hydrogen) atoms. The van der Waals surface area contributed by atoms with Gasteiger partial charge < -0.3 is 15.4 Å². The minimum atomic E-state index is 0.0917. The summed E-state index contributed by atoms with van der Waals surface area (Å²) in [4.78, 5) is 6.39. The standard InChI is InChI=1S/C14H22N4O/c1-2-8-19-11-4-3-7-18(10-11)13-9-17-6-5-12(13)14(15)16/h5-6,9,11H,2-4,7-8,10H2,1H3,(H3,15,16). The number of nitrogens with one attached hydrogen (secondary N) is 1. The number of hydrogen-bond acceptors (Lipinski definition) is 4. The van der Waals surface area contributed by atoms with Crippen molar-refractivity contribution >= 4 is 11.5 Å². The molecule has 1 aliphatic rings. The maximum Gasteiger partial charge on any atom is 0.125 e. The molecule has 1 aliphatic heterocycles. The van der Waals surface area contributed by atoms with Crippen LogP contribution in [-0.4, -0.2) is 36.6 Å². The highest BCUT2D eigenvalue weighted by atomic mass is 16.5. The molecule has 1 saturated heterocycles. The van der Waals surface area contributed by atoms with Crippen molar-refractivity contribution in [1.82, 2.24) is 4.98 Å². The summed E-state index contributed by atoms with van der Waals surface area (Å²) >= 11 is 0. The van der Waals surface area contributed by atoms with Crippen LogP contribution in [0.25, 0.3) is 0 Å². The number of amidine groups is 1. The minimum Gasteiger partial charge on any atom is -0.384 e. The SMILES string of the molecule is CCCOC1CCCN(c2cnccc2C(=N)N)C1. The fraction of sp³-hybridized carbons (Fsp3) is 0.571. The molecule has 0 spiro atoms. The number of nitrogen functional groups attached to an aromatic ring is 1. The molecule has 2 rings (SSSR count). The maximum absolute atomic E-state index is 7.65. The number of rotatable bonds is 5. The van der Waals surface area contributed by atoms with Gasteiger partial charge in [-0.2, -0.15) is 0 Å². The molecule has 0 radical (unpaired) electrons. The van der Waals surface area contributed by atoms with Crippen molar-refractivity contribution in [2.24, 2.45) is 5.73 Å². The number of hydrogen-bond donors (Lipinski definition) is 2. The van der Waals surface area contributed by atoms with Crippen LogP contribution >= 0.6 is 0 Å². The molecular weight excluding hydrogens is 240 g/mol. The van der Waals surface area contributed by atoms with Crippen LogP contribution < -0.4 is 10.6 Å². The molecule has 3 N–H and O–H groups in total. The highest BCUT2D eigenvalue weighted by Gasteiger charge is 2.22. The second-order valence-electron chi connectivity index (χ2n) is 4.89. The van der Waals surface area contributed by atoms with Gasteiger partial charge in [-0.1, -0.05) is 6.92 Å². The Morgan fingerprint density at radius 1 is 1.63 bits per heavy atom. The largest absolute Gasteiger partial charge is 0.384 e.